The molecule has 26 heavy (non-hydrogen) atoms. The first-order valence-electron chi connectivity index (χ1n) is 7.37. The number of nitrogens with one attached hydrogen (secondary N) is 2. The van der Waals surface area contributed by atoms with Gasteiger partial charge in [-0.1, -0.05) is 18.2 Å². The minimum absolute atomic E-state index is 0.0339. The number of aromatic nitrogens is 2. The van der Waals surface area contributed by atoms with Crippen molar-refractivity contribution in [3.63, 3.8) is 0 Å². The molecule has 134 valence electrons. The van der Waals surface area contributed by atoms with Gasteiger partial charge in [0.25, 0.3) is 11.8 Å². The first-order valence-corrected chi connectivity index (χ1v) is 9.66. The highest BCUT2D eigenvalue weighted by atomic mass is 32.2. The molecule has 0 aliphatic heterocycles. The lowest BCUT2D eigenvalue weighted by molar-refractivity contribution is 0.100. The number of thiophene rings is 1. The molecule has 2 aromatic heterocycles. The fourth-order valence-electron chi connectivity index (χ4n) is 2.39. The monoisotopic (exact) mass is 390 g/mol. The van der Waals surface area contributed by atoms with E-state index < -0.39 is 21.7 Å². The van der Waals surface area contributed by atoms with E-state index in [1.54, 1.807) is 18.2 Å². The maximum Gasteiger partial charge on any atom is 0.276 e. The number of benzene rings is 1. The van der Waals surface area contributed by atoms with Crippen molar-refractivity contribution >= 4 is 38.0 Å². The Balaban J connectivity index is 2.09. The number of amides is 2. The van der Waals surface area contributed by atoms with Gasteiger partial charge in [0.15, 0.2) is 0 Å². The van der Waals surface area contributed by atoms with Crippen LogP contribution in [0, 0.1) is 6.92 Å². The summed E-state index contributed by atoms with van der Waals surface area (Å²) in [6.45, 7) is 1.48. The van der Waals surface area contributed by atoms with Gasteiger partial charge in [-0.05, 0) is 30.7 Å². The van der Waals surface area contributed by atoms with Crippen molar-refractivity contribution in [3.8, 4) is 0 Å². The first-order chi connectivity index (χ1) is 12.3. The van der Waals surface area contributed by atoms with Gasteiger partial charge in [0.2, 0.25) is 9.84 Å². The van der Waals surface area contributed by atoms with E-state index in [-0.39, 0.29) is 30.9 Å². The van der Waals surface area contributed by atoms with Crippen LogP contribution in [0.5, 0.6) is 0 Å². The third-order valence-corrected chi connectivity index (χ3v) is 7.20. The van der Waals surface area contributed by atoms with Crippen molar-refractivity contribution < 1.29 is 18.0 Å². The normalized spacial score (nSPS) is 11.3. The summed E-state index contributed by atoms with van der Waals surface area (Å²) in [5.41, 5.74) is 5.67. The molecule has 3 aromatic rings. The van der Waals surface area contributed by atoms with E-state index in [9.17, 15) is 18.0 Å². The summed E-state index contributed by atoms with van der Waals surface area (Å²) < 4.78 is 25.7. The number of carbonyl (C=O) groups is 2. The molecule has 3 rings (SSSR count). The van der Waals surface area contributed by atoms with Crippen molar-refractivity contribution in [3.05, 3.63) is 59.4 Å². The van der Waals surface area contributed by atoms with Gasteiger partial charge in [0.1, 0.15) is 14.9 Å². The van der Waals surface area contributed by atoms with Crippen LogP contribution in [0.1, 0.15) is 26.4 Å². The Morgan fingerprint density at radius 3 is 2.46 bits per heavy atom. The zero-order valence-corrected chi connectivity index (χ0v) is 15.1. The highest BCUT2D eigenvalue weighted by Gasteiger charge is 2.29. The molecule has 1 aromatic carbocycles. The third kappa shape index (κ3) is 3.11. The maximum absolute atomic E-state index is 12.9. The van der Waals surface area contributed by atoms with Crippen LogP contribution >= 0.6 is 11.3 Å². The molecule has 0 saturated heterocycles. The molecule has 0 saturated carbocycles. The molecule has 0 fully saturated rings. The SMILES string of the molecule is Cc1c(S(=O)(=O)c2ccccc2)sc(NC(=O)c2cc[nH]n2)c1C(N)=O. The zero-order chi connectivity index (χ0) is 18.9. The largest absolute Gasteiger partial charge is 0.365 e. The second kappa shape index (κ2) is 6.73. The van der Waals surface area contributed by atoms with E-state index in [1.807, 2.05) is 0 Å². The topological polar surface area (TPSA) is 135 Å². The predicted octanol–water partition coefficient (Wildman–Crippen LogP) is 1.96. The maximum atomic E-state index is 12.9. The molecule has 0 atom stereocenters. The van der Waals surface area contributed by atoms with E-state index >= 15 is 0 Å². The number of nitrogens with two attached hydrogens (primary N) is 1. The van der Waals surface area contributed by atoms with Crippen molar-refractivity contribution in [2.45, 2.75) is 16.0 Å². The quantitative estimate of drug-likeness (QED) is 0.612. The Morgan fingerprint density at radius 2 is 1.88 bits per heavy atom. The lowest BCUT2D eigenvalue weighted by Gasteiger charge is -2.03. The second-order valence-corrected chi connectivity index (χ2v) is 8.48. The van der Waals surface area contributed by atoms with Crippen molar-refractivity contribution in [1.29, 1.82) is 0 Å². The summed E-state index contributed by atoms with van der Waals surface area (Å²) in [5, 5.41) is 8.82. The summed E-state index contributed by atoms with van der Waals surface area (Å²) in [7, 11) is -3.86. The van der Waals surface area contributed by atoms with Crippen LogP contribution in [-0.4, -0.2) is 30.4 Å². The molecular formula is C16H14N4O4S2. The molecule has 4 N–H and O–H groups in total. The smallest absolute Gasteiger partial charge is 0.276 e. The van der Waals surface area contributed by atoms with Gasteiger partial charge in [-0.15, -0.1) is 11.3 Å². The molecule has 8 nitrogen and oxygen atoms in total. The van der Waals surface area contributed by atoms with Crippen LogP contribution in [0.2, 0.25) is 0 Å². The van der Waals surface area contributed by atoms with Gasteiger partial charge in [-0.3, -0.25) is 14.7 Å². The molecular weight excluding hydrogens is 376 g/mol. The summed E-state index contributed by atoms with van der Waals surface area (Å²) >= 11 is 0.783. The Kier molecular flexibility index (Phi) is 4.62. The fraction of sp³-hybridized carbons (Fsp3) is 0.0625. The standard InChI is InChI=1S/C16H14N4O4S2/c1-9-12(13(17)21)15(19-14(22)11-7-8-18-20-11)25-16(9)26(23,24)10-5-3-2-4-6-10/h2-8H,1H3,(H2,17,21)(H,18,20)(H,19,22). The van der Waals surface area contributed by atoms with Crippen LogP contribution in [0.15, 0.2) is 51.7 Å². The number of primary amides is 1. The summed E-state index contributed by atoms with van der Waals surface area (Å²) in [6.07, 6.45) is 1.47. The van der Waals surface area contributed by atoms with Crippen LogP contribution in [0.3, 0.4) is 0 Å². The lowest BCUT2D eigenvalue weighted by atomic mass is 10.2. The highest BCUT2D eigenvalue weighted by molar-refractivity contribution is 7.93. The zero-order valence-electron chi connectivity index (χ0n) is 13.5. The average Bonchev–Trinajstić information content (AvgIpc) is 3.24. The highest BCUT2D eigenvalue weighted by Crippen LogP contribution is 2.38. The number of carbonyl (C=O) groups excluding carboxylic acids is 2. The molecule has 10 heteroatoms. The molecule has 0 aliphatic rings. The van der Waals surface area contributed by atoms with Crippen molar-refractivity contribution in [2.75, 3.05) is 5.32 Å². The van der Waals surface area contributed by atoms with Gasteiger partial charge >= 0.3 is 0 Å². The Labute approximate surface area is 153 Å². The second-order valence-electron chi connectivity index (χ2n) is 5.31. The first kappa shape index (κ1) is 17.8. The molecule has 2 heterocycles. The number of H-pyrrole nitrogens is 1. The van der Waals surface area contributed by atoms with Gasteiger partial charge < -0.3 is 11.1 Å². The van der Waals surface area contributed by atoms with E-state index in [0.717, 1.165) is 11.3 Å². The van der Waals surface area contributed by atoms with Crippen LogP contribution < -0.4 is 11.1 Å². The van der Waals surface area contributed by atoms with E-state index in [1.165, 1.54) is 31.3 Å². The third-order valence-electron chi connectivity index (χ3n) is 3.61. The summed E-state index contributed by atoms with van der Waals surface area (Å²) in [5.74, 6) is -1.41. The Bertz CT molecular complexity index is 1070. The molecule has 0 spiro atoms. The predicted molar refractivity (Wildman–Crippen MR) is 96.0 cm³/mol. The minimum Gasteiger partial charge on any atom is -0.365 e. The van der Waals surface area contributed by atoms with Gasteiger partial charge in [-0.25, -0.2) is 8.42 Å². The number of hydrogen-bond acceptors (Lipinski definition) is 6. The average molecular weight is 390 g/mol. The summed E-state index contributed by atoms with van der Waals surface area (Å²) in [4.78, 5) is 24.1. The summed E-state index contributed by atoms with van der Waals surface area (Å²) in [6, 6.07) is 9.27. The number of aromatic amines is 1. The Hall–Kier alpha value is -2.98. The van der Waals surface area contributed by atoms with E-state index in [4.69, 9.17) is 5.73 Å². The lowest BCUT2D eigenvalue weighted by Crippen LogP contribution is -2.17. The van der Waals surface area contributed by atoms with Crippen LogP contribution in [-0.2, 0) is 9.84 Å². The molecule has 0 aliphatic carbocycles. The van der Waals surface area contributed by atoms with Gasteiger partial charge in [0.05, 0.1) is 10.5 Å². The fourth-order valence-corrected chi connectivity index (χ4v) is 5.55. The van der Waals surface area contributed by atoms with Gasteiger partial charge in [0, 0.05) is 6.20 Å². The number of nitrogens with zero attached hydrogens (tertiary/aromatic N) is 1. The van der Waals surface area contributed by atoms with Gasteiger partial charge in [-0.2, -0.15) is 5.10 Å². The number of sulfone groups is 1. The van der Waals surface area contributed by atoms with E-state index in [0.29, 0.717) is 0 Å². The van der Waals surface area contributed by atoms with E-state index in [2.05, 4.69) is 15.5 Å². The van der Waals surface area contributed by atoms with Crippen LogP contribution in [0.4, 0.5) is 5.00 Å². The van der Waals surface area contributed by atoms with Crippen molar-refractivity contribution in [1.82, 2.24) is 10.2 Å². The minimum atomic E-state index is -3.86. The molecule has 0 unspecified atom stereocenters. The molecule has 2 amide bonds. The molecule has 0 radical (unpaired) electrons. The van der Waals surface area contributed by atoms with Crippen molar-refractivity contribution in [2.24, 2.45) is 5.73 Å². The Morgan fingerprint density at radius 1 is 1.19 bits per heavy atom. The number of anilines is 1. The van der Waals surface area contributed by atoms with Crippen LogP contribution in [0.25, 0.3) is 0 Å². The number of rotatable bonds is 5. The molecule has 0 bridgehead atoms. The number of hydrogen-bond donors (Lipinski definition) is 3.